The van der Waals surface area contributed by atoms with E-state index in [4.69, 9.17) is 25.7 Å². The smallest absolute Gasteiger partial charge is 0.412 e. The minimum absolute atomic E-state index is 0. The van der Waals surface area contributed by atoms with Crippen molar-refractivity contribution < 1.29 is 123 Å². The van der Waals surface area contributed by atoms with Gasteiger partial charge in [0.25, 0.3) is 11.8 Å². The number of para-hydroxylation sites is 4. The van der Waals surface area contributed by atoms with Gasteiger partial charge in [0.05, 0.1) is 63.1 Å². The standard InChI is InChI=1S/C27H27N5O4S.C19H20N2O4.C9H8O3.C6H5BrN2O.2C5H4N.C3H3BrN2S.C3H3N2S.CH4N2S.2BrH.2Y/c1-27(2,3)36-26(34)32-21-9-5-4-8-20(21)31-24(33)19-13-11-18(12-14-19)16-29-25-30-17-23(37-25)35-22-10-6-7-15-28-22;1-19(2,3)25-18(24)21-16-7-5-4-6-15(16)20-17(23)14-10-8-13(12-22)9-11-14;1-12-9(11)8-4-2-7(6-10)3-5-8;7-3-6(10)5-4-8-1-2-9-5;2*1-2-4-6-5-3-1;4-2-1-6-3(5)7-2;4-3-5-1-2-6-3;2-1(3)4;;;;/h4-15,17H,16H2,1-3H3,(H,29,30)(H,31,33)(H,32,34);4-12H,1-3H3,(H,20,23)(H,21,24);2-6H,1H3;1-2,4H,3H2;1-2,4-5H;1-4H;1H,(H2,5,6);1H,(H2,4,5);(H4,2,3,4);2*1H;;/q;;;;2*-1;;-1;;;;;. The van der Waals surface area contributed by atoms with E-state index in [1.165, 1.54) is 59.7 Å². The van der Waals surface area contributed by atoms with E-state index in [9.17, 15) is 38.4 Å². The van der Waals surface area contributed by atoms with Gasteiger partial charge in [-0.1, -0.05) is 136 Å². The second-order valence-corrected chi connectivity index (χ2v) is 28.6. The Morgan fingerprint density at radius 1 is 0.556 bits per heavy atom. The molecule has 0 bridgehead atoms. The Labute approximate surface area is 782 Å². The third-order valence-corrected chi connectivity index (χ3v) is 15.5. The van der Waals surface area contributed by atoms with Crippen LogP contribution >= 0.6 is 112 Å². The Bertz CT molecular complexity index is 4730. The third-order valence-electron chi connectivity index (χ3n) is 12.3. The molecule has 39 heteroatoms. The van der Waals surface area contributed by atoms with E-state index in [0.717, 1.165) is 15.6 Å². The molecule has 0 atom stereocenters. The molecule has 117 heavy (non-hydrogen) atoms. The molecular formula is C78H80Br4N17O12S4Y2-3. The van der Waals surface area contributed by atoms with Crippen LogP contribution < -0.4 is 54.3 Å². The van der Waals surface area contributed by atoms with Crippen molar-refractivity contribution in [2.75, 3.05) is 50.5 Å². The monoisotopic (exact) mass is 2070 g/mol. The van der Waals surface area contributed by atoms with Crippen molar-refractivity contribution in [3.63, 3.8) is 0 Å². The summed E-state index contributed by atoms with van der Waals surface area (Å²) in [5.74, 6) is -0.583. The maximum Gasteiger partial charge on any atom is 0.412 e. The van der Waals surface area contributed by atoms with Crippen LogP contribution in [0.3, 0.4) is 0 Å². The molecule has 29 nitrogen and oxygen atoms in total. The number of ketones is 1. The Balaban J connectivity index is 0.00000144. The first-order valence-corrected chi connectivity index (χ1v) is 37.6. The summed E-state index contributed by atoms with van der Waals surface area (Å²) in [6, 6.07) is 50.8. The number of benzene rings is 5. The summed E-state index contributed by atoms with van der Waals surface area (Å²) in [5, 5.41) is 19.7. The van der Waals surface area contributed by atoms with Gasteiger partial charge in [0.15, 0.2) is 21.2 Å². The van der Waals surface area contributed by atoms with E-state index in [-0.39, 0.29) is 122 Å². The summed E-state index contributed by atoms with van der Waals surface area (Å²) in [7, 11) is 1.32. The van der Waals surface area contributed by atoms with Crippen molar-refractivity contribution in [1.29, 1.82) is 0 Å². The summed E-state index contributed by atoms with van der Waals surface area (Å²) in [6.07, 6.45) is 18.9. The second kappa shape index (κ2) is 60.9. The van der Waals surface area contributed by atoms with Crippen LogP contribution in [0.15, 0.2) is 236 Å². The van der Waals surface area contributed by atoms with Gasteiger partial charge in [-0.3, -0.25) is 39.6 Å². The number of hydrogen-bond donors (Lipinski definition) is 9. The summed E-state index contributed by atoms with van der Waals surface area (Å²) in [6.45, 7) is 11.2. The maximum atomic E-state index is 12.8. The van der Waals surface area contributed by atoms with Crippen LogP contribution in [0.2, 0.25) is 0 Å². The molecule has 0 saturated heterocycles. The first kappa shape index (κ1) is 107. The topological polar surface area (TPSA) is 441 Å². The summed E-state index contributed by atoms with van der Waals surface area (Å²) in [4.78, 5) is 123. The molecule has 0 fully saturated rings. The maximum absolute atomic E-state index is 12.8. The Morgan fingerprint density at radius 2 is 1.08 bits per heavy atom. The number of nitrogen functional groups attached to an aromatic ring is 2. The SMILES string of the molecule is Br.Br.CC(C)(C)OC(=O)Nc1ccccc1NC(=O)c1ccc(C=O)cc1.CC(C)(C)OC(=O)Nc1ccccc1NC(=O)c1ccc(CNc2ncc(Oc3ccccn3)s2)cc1.COC(=O)c1ccc(C=O)cc1.NC(N)=S.Nc1nc[c-]s1.Nc1ncc(Br)s1.O=C(CBr)c1cnccn1.[Y].[Y].[c-]1ccccn1.[c-]1cccnc1. The number of aromatic nitrogens is 8. The first-order valence-electron chi connectivity index (χ1n) is 32.8. The minimum atomic E-state index is -0.631. The number of methoxy groups -OCH3 is 1. The number of thiocarbonyl (C=S) groups is 1. The number of aldehydes is 2. The normalized spacial score (nSPS) is 9.48. The van der Waals surface area contributed by atoms with Gasteiger partial charge in [-0.05, 0) is 142 Å². The number of hydrogen-bond acceptors (Lipinski definition) is 27. The molecule has 12 rings (SSSR count). The van der Waals surface area contributed by atoms with Gasteiger partial charge < -0.3 is 84.1 Å². The van der Waals surface area contributed by atoms with Crippen molar-refractivity contribution in [3.05, 3.63) is 292 Å². The molecule has 610 valence electrons. The quantitative estimate of drug-likeness (QED) is 0.00825. The molecule has 13 N–H and O–H groups in total. The zero-order valence-corrected chi connectivity index (χ0v) is 79.2. The average Bonchev–Trinajstić information content (AvgIpc) is 1.01. The van der Waals surface area contributed by atoms with Crippen LogP contribution in [0.1, 0.15) is 109 Å². The Morgan fingerprint density at radius 3 is 1.42 bits per heavy atom. The zero-order valence-electron chi connectivity index (χ0n) is 63.7. The van der Waals surface area contributed by atoms with Gasteiger partial charge >= 0.3 is 18.2 Å². The number of nitrogens with one attached hydrogen (secondary N) is 5. The van der Waals surface area contributed by atoms with E-state index in [1.807, 2.05) is 48.5 Å². The molecule has 2 radical (unpaired) electrons. The minimum Gasteiger partial charge on any atom is -0.465 e. The number of pyridine rings is 3. The number of esters is 1. The fraction of sp³-hybridized carbons (Fsp3) is 0.141. The van der Waals surface area contributed by atoms with Gasteiger partial charge in [-0.25, -0.2) is 46.5 Å². The number of thiazole rings is 3. The van der Waals surface area contributed by atoms with Crippen molar-refractivity contribution in [3.8, 4) is 10.9 Å². The fourth-order valence-corrected chi connectivity index (χ4v) is 9.84. The number of nitrogens with two attached hydrogens (primary N) is 4. The van der Waals surface area contributed by atoms with Crippen molar-refractivity contribution in [2.45, 2.75) is 59.3 Å². The van der Waals surface area contributed by atoms with E-state index in [1.54, 1.807) is 206 Å². The van der Waals surface area contributed by atoms with Gasteiger partial charge in [0.2, 0.25) is 10.9 Å². The predicted octanol–water partition coefficient (Wildman–Crippen LogP) is 17.1. The number of anilines is 7. The van der Waals surface area contributed by atoms with E-state index in [0.29, 0.717) is 101 Å². The van der Waals surface area contributed by atoms with Gasteiger partial charge in [-0.2, -0.15) is 29.6 Å². The number of nitrogens with zero attached hydrogens (tertiary/aromatic N) is 8. The van der Waals surface area contributed by atoms with Gasteiger partial charge in [0, 0.05) is 124 Å². The van der Waals surface area contributed by atoms with Gasteiger partial charge in [-0.15, -0.1) is 34.0 Å². The van der Waals surface area contributed by atoms with Crippen molar-refractivity contribution >= 4 is 204 Å². The van der Waals surface area contributed by atoms with E-state index < -0.39 is 29.4 Å². The molecule has 4 amide bonds. The summed E-state index contributed by atoms with van der Waals surface area (Å²) in [5.41, 5.74) is 23.9. The Kier molecular flexibility index (Phi) is 56.0. The number of amides is 4. The van der Waals surface area contributed by atoms with Crippen molar-refractivity contribution in [1.82, 2.24) is 39.9 Å². The molecule has 0 aliphatic heterocycles. The zero-order chi connectivity index (χ0) is 82.8. The van der Waals surface area contributed by atoms with Crippen molar-refractivity contribution in [2.24, 2.45) is 11.5 Å². The summed E-state index contributed by atoms with van der Waals surface area (Å²) >= 11 is 14.5. The predicted molar refractivity (Wildman–Crippen MR) is 471 cm³/mol. The number of halogens is 4. The molecule has 0 saturated carbocycles. The molecule has 7 heterocycles. The fourth-order valence-electron chi connectivity index (χ4n) is 7.53. The molecule has 12 aromatic rings. The molecular weight excluding hydrogens is 1990 g/mol. The average molecular weight is 2070 g/mol. The second-order valence-electron chi connectivity index (χ2n) is 23.3. The van der Waals surface area contributed by atoms with Crippen LogP contribution in [0.4, 0.5) is 47.7 Å². The number of carbonyl (C=O) groups is 8. The van der Waals surface area contributed by atoms with Crippen LogP contribution in [0.5, 0.6) is 10.9 Å². The number of Topliss-reactive ketones (excluding diaryl/α,β-unsaturated/α-hetero) is 1. The summed E-state index contributed by atoms with van der Waals surface area (Å²) < 4.78 is 21.7. The largest absolute Gasteiger partial charge is 0.465 e. The number of ether oxygens (including phenoxy) is 4. The van der Waals surface area contributed by atoms with Crippen LogP contribution in [0, 0.1) is 17.6 Å². The first-order chi connectivity index (χ1) is 54.1. The molecule has 0 unspecified atom stereocenters. The van der Waals surface area contributed by atoms with E-state index >= 15 is 0 Å². The van der Waals surface area contributed by atoms with Crippen LogP contribution in [-0.4, -0.2) is 117 Å². The molecule has 7 aromatic heterocycles. The number of rotatable bonds is 16. The number of carbonyl (C=O) groups excluding carboxylic acids is 8. The van der Waals surface area contributed by atoms with Crippen LogP contribution in [-0.2, 0) is 86.2 Å². The molecule has 0 aliphatic rings. The molecule has 0 aliphatic carbocycles. The van der Waals surface area contributed by atoms with Gasteiger partial charge in [0.1, 0.15) is 29.5 Å². The number of alkyl halides is 1. The Hall–Kier alpha value is -9.50. The third kappa shape index (κ3) is 48.7. The van der Waals surface area contributed by atoms with E-state index in [2.05, 4.69) is 144 Å². The van der Waals surface area contributed by atoms with Crippen LogP contribution in [0.25, 0.3) is 0 Å². The molecule has 0 spiro atoms. The molecule has 5 aromatic carbocycles.